The van der Waals surface area contributed by atoms with Gasteiger partial charge in [0, 0.05) is 13.2 Å². The van der Waals surface area contributed by atoms with Crippen LogP contribution in [0.5, 0.6) is 0 Å². The molecule has 0 amide bonds. The van der Waals surface area contributed by atoms with Crippen molar-refractivity contribution in [1.82, 2.24) is 14.5 Å². The molecule has 0 aliphatic carbocycles. The molecule has 14 heavy (non-hydrogen) atoms. The second-order valence-corrected chi connectivity index (χ2v) is 5.68. The molecule has 0 aromatic carbocycles. The van der Waals surface area contributed by atoms with E-state index in [1.165, 1.54) is 0 Å². The average Bonchev–Trinajstić information content (AvgIpc) is 2.47. The summed E-state index contributed by atoms with van der Waals surface area (Å²) in [4.78, 5) is 0. The van der Waals surface area contributed by atoms with E-state index in [2.05, 4.69) is 9.82 Å². The van der Waals surface area contributed by atoms with Crippen molar-refractivity contribution in [1.29, 1.82) is 0 Å². The average molecular weight is 217 g/mol. The fraction of sp³-hybridized carbons (Fsp3) is 0.625. The monoisotopic (exact) mass is 217 g/mol. The lowest BCUT2D eigenvalue weighted by molar-refractivity contribution is 0.568. The molecule has 80 valence electrons. The highest BCUT2D eigenvalue weighted by atomic mass is 32.2. The minimum atomic E-state index is -3.18. The number of nitrogens with zero attached hydrogens (tertiary/aromatic N) is 2. The van der Waals surface area contributed by atoms with Crippen molar-refractivity contribution < 1.29 is 8.42 Å². The molecule has 0 atom stereocenters. The van der Waals surface area contributed by atoms with E-state index in [-0.39, 0.29) is 6.54 Å². The Bertz CT molecular complexity index is 394. The van der Waals surface area contributed by atoms with Crippen LogP contribution in [0.2, 0.25) is 0 Å². The Hall–Kier alpha value is -0.880. The highest BCUT2D eigenvalue weighted by molar-refractivity contribution is 7.90. The molecule has 1 rings (SSSR count). The van der Waals surface area contributed by atoms with Gasteiger partial charge in [-0.25, -0.2) is 13.1 Å². The van der Waals surface area contributed by atoms with Crippen molar-refractivity contribution in [2.24, 2.45) is 7.05 Å². The summed E-state index contributed by atoms with van der Waals surface area (Å²) in [7, 11) is -1.41. The van der Waals surface area contributed by atoms with E-state index < -0.39 is 15.3 Å². The second-order valence-electron chi connectivity index (χ2n) is 3.36. The molecule has 0 unspecified atom stereocenters. The number of rotatable bonds is 4. The second kappa shape index (κ2) is 4.10. The predicted molar refractivity (Wildman–Crippen MR) is 54.1 cm³/mol. The third-order valence-corrected chi connectivity index (χ3v) is 3.79. The Morgan fingerprint density at radius 3 is 2.64 bits per heavy atom. The minimum absolute atomic E-state index is 0.289. The zero-order chi connectivity index (χ0) is 10.8. The van der Waals surface area contributed by atoms with Crippen LogP contribution in [0.25, 0.3) is 0 Å². The predicted octanol–water partition coefficient (Wildman–Crippen LogP) is 0.248. The first-order chi connectivity index (χ1) is 6.43. The third-order valence-electron chi connectivity index (χ3n) is 2.00. The van der Waals surface area contributed by atoms with E-state index in [4.69, 9.17) is 0 Å². The third kappa shape index (κ3) is 2.55. The first-order valence-electron chi connectivity index (χ1n) is 4.39. The van der Waals surface area contributed by atoms with Crippen molar-refractivity contribution >= 4 is 10.0 Å². The lowest BCUT2D eigenvalue weighted by Gasteiger charge is -2.09. The molecule has 0 aliphatic rings. The number of sulfonamides is 1. The van der Waals surface area contributed by atoms with E-state index in [1.54, 1.807) is 37.8 Å². The van der Waals surface area contributed by atoms with Gasteiger partial charge < -0.3 is 0 Å². The first-order valence-corrected chi connectivity index (χ1v) is 5.93. The quantitative estimate of drug-likeness (QED) is 0.786. The van der Waals surface area contributed by atoms with Crippen LogP contribution in [0.15, 0.2) is 12.3 Å². The summed E-state index contributed by atoms with van der Waals surface area (Å²) in [5.74, 6) is 0. The van der Waals surface area contributed by atoms with Gasteiger partial charge in [-0.2, -0.15) is 5.10 Å². The van der Waals surface area contributed by atoms with Crippen LogP contribution >= 0.6 is 0 Å². The number of hydrogen-bond acceptors (Lipinski definition) is 3. The Morgan fingerprint density at radius 1 is 1.57 bits per heavy atom. The molecule has 0 spiro atoms. The van der Waals surface area contributed by atoms with Crippen LogP contribution in [0, 0.1) is 0 Å². The summed E-state index contributed by atoms with van der Waals surface area (Å²) >= 11 is 0. The molecule has 0 bridgehead atoms. The maximum atomic E-state index is 11.4. The van der Waals surface area contributed by atoms with Crippen LogP contribution in [0.1, 0.15) is 19.5 Å². The number of nitrogens with one attached hydrogen (secondary N) is 1. The van der Waals surface area contributed by atoms with Crippen LogP contribution < -0.4 is 4.72 Å². The summed E-state index contributed by atoms with van der Waals surface area (Å²) < 4.78 is 26.9. The molecule has 1 heterocycles. The van der Waals surface area contributed by atoms with E-state index >= 15 is 0 Å². The molecule has 0 radical (unpaired) electrons. The smallest absolute Gasteiger partial charge is 0.214 e. The highest BCUT2D eigenvalue weighted by Crippen LogP contribution is 2.00. The van der Waals surface area contributed by atoms with Crippen molar-refractivity contribution in [2.45, 2.75) is 25.6 Å². The molecule has 1 aromatic rings. The Balaban J connectivity index is 2.62. The van der Waals surface area contributed by atoms with Crippen molar-refractivity contribution in [3.05, 3.63) is 18.0 Å². The SMILES string of the molecule is CC(C)S(=O)(=O)NCc1ccnn1C. The lowest BCUT2D eigenvalue weighted by atomic mass is 10.4. The van der Waals surface area contributed by atoms with Gasteiger partial charge in [0.05, 0.1) is 17.5 Å². The van der Waals surface area contributed by atoms with Gasteiger partial charge in [0.1, 0.15) is 0 Å². The van der Waals surface area contributed by atoms with E-state index in [9.17, 15) is 8.42 Å². The molecule has 1 N–H and O–H groups in total. The van der Waals surface area contributed by atoms with Crippen LogP contribution in [-0.2, 0) is 23.6 Å². The Labute approximate surface area is 84.2 Å². The van der Waals surface area contributed by atoms with E-state index in [0.29, 0.717) is 0 Å². The Kier molecular flexibility index (Phi) is 3.28. The van der Waals surface area contributed by atoms with Gasteiger partial charge in [0.2, 0.25) is 10.0 Å². The van der Waals surface area contributed by atoms with Crippen molar-refractivity contribution in [3.63, 3.8) is 0 Å². The summed E-state index contributed by atoms with van der Waals surface area (Å²) in [6, 6.07) is 1.78. The van der Waals surface area contributed by atoms with Crippen molar-refractivity contribution in [3.8, 4) is 0 Å². The first kappa shape index (κ1) is 11.2. The van der Waals surface area contributed by atoms with E-state index in [0.717, 1.165) is 5.69 Å². The molecule has 1 aromatic heterocycles. The fourth-order valence-corrected chi connectivity index (χ4v) is 1.60. The molecular formula is C8H15N3O2S. The lowest BCUT2D eigenvalue weighted by Crippen LogP contribution is -2.30. The van der Waals surface area contributed by atoms with Crippen molar-refractivity contribution in [2.75, 3.05) is 0 Å². The van der Waals surface area contributed by atoms with Gasteiger partial charge >= 0.3 is 0 Å². The molecule has 5 nitrogen and oxygen atoms in total. The topological polar surface area (TPSA) is 64.0 Å². The highest BCUT2D eigenvalue weighted by Gasteiger charge is 2.15. The van der Waals surface area contributed by atoms with Gasteiger partial charge in [-0.3, -0.25) is 4.68 Å². The van der Waals surface area contributed by atoms with Crippen LogP contribution in [0.4, 0.5) is 0 Å². The maximum Gasteiger partial charge on any atom is 0.214 e. The molecule has 0 aliphatic heterocycles. The van der Waals surface area contributed by atoms with Crippen LogP contribution in [0.3, 0.4) is 0 Å². The van der Waals surface area contributed by atoms with Gasteiger partial charge in [0.25, 0.3) is 0 Å². The molecule has 0 saturated heterocycles. The molecule has 0 saturated carbocycles. The zero-order valence-electron chi connectivity index (χ0n) is 8.56. The van der Waals surface area contributed by atoms with Gasteiger partial charge in [-0.15, -0.1) is 0 Å². The zero-order valence-corrected chi connectivity index (χ0v) is 9.37. The number of aromatic nitrogens is 2. The standard InChI is InChI=1S/C8H15N3O2S/c1-7(2)14(12,13)10-6-8-4-5-9-11(8)3/h4-5,7,10H,6H2,1-3H3. The molecule has 0 fully saturated rings. The Morgan fingerprint density at radius 2 is 2.21 bits per heavy atom. The molecular weight excluding hydrogens is 202 g/mol. The normalized spacial score (nSPS) is 12.3. The molecule has 6 heteroatoms. The number of hydrogen-bond donors (Lipinski definition) is 1. The van der Waals surface area contributed by atoms with E-state index in [1.807, 2.05) is 0 Å². The largest absolute Gasteiger partial charge is 0.271 e. The summed E-state index contributed by atoms with van der Waals surface area (Å²) in [6.07, 6.45) is 1.64. The van der Waals surface area contributed by atoms with Crippen LogP contribution in [-0.4, -0.2) is 23.4 Å². The minimum Gasteiger partial charge on any atom is -0.271 e. The fourth-order valence-electron chi connectivity index (χ4n) is 0.916. The van der Waals surface area contributed by atoms with Gasteiger partial charge in [-0.1, -0.05) is 0 Å². The van der Waals surface area contributed by atoms with Gasteiger partial charge in [0.15, 0.2) is 0 Å². The van der Waals surface area contributed by atoms with Gasteiger partial charge in [-0.05, 0) is 19.9 Å². The summed E-state index contributed by atoms with van der Waals surface area (Å²) in [5.41, 5.74) is 0.842. The summed E-state index contributed by atoms with van der Waals surface area (Å²) in [5, 5.41) is 3.54. The maximum absolute atomic E-state index is 11.4. The summed E-state index contributed by atoms with van der Waals surface area (Å²) in [6.45, 7) is 3.58. The number of aryl methyl sites for hydroxylation is 1.